The van der Waals surface area contributed by atoms with Crippen LogP contribution in [0.2, 0.25) is 0 Å². The first kappa shape index (κ1) is 17.4. The van der Waals surface area contributed by atoms with Crippen LogP contribution >= 0.6 is 0 Å². The van der Waals surface area contributed by atoms with E-state index in [1.807, 2.05) is 30.3 Å². The fourth-order valence-electron chi connectivity index (χ4n) is 2.21. The van der Waals surface area contributed by atoms with Crippen LogP contribution in [0.3, 0.4) is 0 Å². The molecule has 0 amide bonds. The third kappa shape index (κ3) is 4.77. The quantitative estimate of drug-likeness (QED) is 0.475. The molecule has 1 aromatic heterocycles. The molecule has 0 bridgehead atoms. The van der Waals surface area contributed by atoms with Gasteiger partial charge in [-0.1, -0.05) is 48.5 Å². The molecule has 3 aromatic rings. The van der Waals surface area contributed by atoms with Crippen molar-refractivity contribution in [3.63, 3.8) is 0 Å². The van der Waals surface area contributed by atoms with E-state index in [0.29, 0.717) is 5.56 Å². The predicted octanol–water partition coefficient (Wildman–Crippen LogP) is 4.77. The highest BCUT2D eigenvalue weighted by atomic mass is 19.1. The Morgan fingerprint density at radius 1 is 1.00 bits per heavy atom. The highest BCUT2D eigenvalue weighted by Crippen LogP contribution is 2.28. The lowest BCUT2D eigenvalue weighted by Gasteiger charge is -2.08. The van der Waals surface area contributed by atoms with Gasteiger partial charge < -0.3 is 9.47 Å². The summed E-state index contributed by atoms with van der Waals surface area (Å²) >= 11 is 0. The fourth-order valence-corrected chi connectivity index (χ4v) is 2.21. The summed E-state index contributed by atoms with van der Waals surface area (Å²) in [5.41, 5.74) is 1.30. The summed E-state index contributed by atoms with van der Waals surface area (Å²) in [6, 6.07) is 18.9. The van der Waals surface area contributed by atoms with Gasteiger partial charge in [-0.2, -0.15) is 0 Å². The lowest BCUT2D eigenvalue weighted by molar-refractivity contribution is -0.138. The highest BCUT2D eigenvalue weighted by Gasteiger charge is 2.10. The number of halogens is 1. The largest absolute Gasteiger partial charge is 0.458 e. The van der Waals surface area contributed by atoms with Gasteiger partial charge >= 0.3 is 5.97 Å². The molecule has 0 fully saturated rings. The van der Waals surface area contributed by atoms with Crippen molar-refractivity contribution in [1.29, 1.82) is 0 Å². The maximum absolute atomic E-state index is 14.1. The first-order chi connectivity index (χ1) is 12.7. The number of hydrogen-bond donors (Lipinski definition) is 0. The van der Waals surface area contributed by atoms with Gasteiger partial charge in [0.15, 0.2) is 11.6 Å². The minimum atomic E-state index is -0.546. The second-order valence-electron chi connectivity index (χ2n) is 5.35. The molecule has 0 saturated carbocycles. The lowest BCUT2D eigenvalue weighted by atomic mass is 10.2. The van der Waals surface area contributed by atoms with Gasteiger partial charge in [0.05, 0.1) is 0 Å². The number of carbonyl (C=O) groups excluding carboxylic acids is 1. The van der Waals surface area contributed by atoms with Crippen LogP contribution in [0.5, 0.6) is 11.6 Å². The first-order valence-corrected chi connectivity index (χ1v) is 7.98. The zero-order chi connectivity index (χ0) is 18.2. The maximum atomic E-state index is 14.1. The minimum absolute atomic E-state index is 0.00157. The van der Waals surface area contributed by atoms with E-state index in [1.165, 1.54) is 24.3 Å². The third-order valence-corrected chi connectivity index (χ3v) is 3.46. The van der Waals surface area contributed by atoms with Gasteiger partial charge in [0.25, 0.3) is 0 Å². The topological polar surface area (TPSA) is 48.4 Å². The summed E-state index contributed by atoms with van der Waals surface area (Å²) in [6.45, 7) is 0.171. The first-order valence-electron chi connectivity index (χ1n) is 7.98. The number of carbonyl (C=O) groups is 1. The second-order valence-corrected chi connectivity index (χ2v) is 5.35. The Bertz CT molecular complexity index is 896. The lowest BCUT2D eigenvalue weighted by Crippen LogP contribution is -2.00. The normalized spacial score (nSPS) is 10.7. The summed E-state index contributed by atoms with van der Waals surface area (Å²) in [4.78, 5) is 15.9. The number of rotatable bonds is 6. The average molecular weight is 349 g/mol. The van der Waals surface area contributed by atoms with Gasteiger partial charge in [-0.25, -0.2) is 14.2 Å². The van der Waals surface area contributed by atoms with Crippen molar-refractivity contribution in [1.82, 2.24) is 4.98 Å². The summed E-state index contributed by atoms with van der Waals surface area (Å²) in [5, 5.41) is 0. The number of pyridine rings is 1. The van der Waals surface area contributed by atoms with Crippen molar-refractivity contribution in [2.45, 2.75) is 6.61 Å². The molecule has 0 radical (unpaired) electrons. The highest BCUT2D eigenvalue weighted by molar-refractivity contribution is 5.87. The molecule has 0 atom stereocenters. The van der Waals surface area contributed by atoms with Crippen LogP contribution < -0.4 is 4.74 Å². The van der Waals surface area contributed by atoms with Crippen molar-refractivity contribution in [2.24, 2.45) is 0 Å². The number of aromatic nitrogens is 1. The van der Waals surface area contributed by atoms with Gasteiger partial charge in [-0.3, -0.25) is 0 Å². The van der Waals surface area contributed by atoms with Crippen LogP contribution in [-0.4, -0.2) is 11.0 Å². The number of hydrogen-bond acceptors (Lipinski definition) is 4. The van der Waals surface area contributed by atoms with E-state index in [4.69, 9.17) is 9.47 Å². The number of para-hydroxylation sites is 1. The molecule has 3 rings (SSSR count). The summed E-state index contributed by atoms with van der Waals surface area (Å²) in [5.74, 6) is -0.811. The number of nitrogens with zero attached hydrogens (tertiary/aromatic N) is 1. The van der Waals surface area contributed by atoms with Crippen molar-refractivity contribution in [3.8, 4) is 11.6 Å². The van der Waals surface area contributed by atoms with Gasteiger partial charge in [0.1, 0.15) is 6.61 Å². The zero-order valence-electron chi connectivity index (χ0n) is 13.8. The molecule has 130 valence electrons. The Kier molecular flexibility index (Phi) is 5.72. The zero-order valence-corrected chi connectivity index (χ0v) is 13.8. The molecule has 5 heteroatoms. The summed E-state index contributed by atoms with van der Waals surface area (Å²) in [7, 11) is 0. The standard InChI is InChI=1S/C21H16FNO3/c22-18-10-6-9-17(21(18)26-19-11-4-5-14-23-19)12-13-20(24)25-15-16-7-2-1-3-8-16/h1-14H,15H2/b13-12+. The van der Waals surface area contributed by atoms with E-state index in [2.05, 4.69) is 4.98 Å². The van der Waals surface area contributed by atoms with E-state index in [0.717, 1.165) is 5.56 Å². The Hall–Kier alpha value is -3.47. The maximum Gasteiger partial charge on any atom is 0.331 e. The van der Waals surface area contributed by atoms with Gasteiger partial charge in [-0.05, 0) is 23.8 Å². The van der Waals surface area contributed by atoms with Gasteiger partial charge in [-0.15, -0.1) is 0 Å². The predicted molar refractivity (Wildman–Crippen MR) is 96.0 cm³/mol. The SMILES string of the molecule is O=C(/C=C/c1cccc(F)c1Oc1ccccn1)OCc1ccccc1. The molecule has 2 aromatic carbocycles. The number of ether oxygens (including phenoxy) is 2. The minimum Gasteiger partial charge on any atom is -0.458 e. The van der Waals surface area contributed by atoms with Crippen LogP contribution in [-0.2, 0) is 16.1 Å². The molecule has 0 aliphatic carbocycles. The van der Waals surface area contributed by atoms with Crippen LogP contribution in [0, 0.1) is 5.82 Å². The van der Waals surface area contributed by atoms with Crippen molar-refractivity contribution in [2.75, 3.05) is 0 Å². The molecule has 0 aliphatic rings. The van der Waals surface area contributed by atoms with Crippen LogP contribution in [0.15, 0.2) is 79.0 Å². The number of esters is 1. The van der Waals surface area contributed by atoms with E-state index in [1.54, 1.807) is 30.5 Å². The van der Waals surface area contributed by atoms with Crippen LogP contribution in [0.4, 0.5) is 4.39 Å². The van der Waals surface area contributed by atoms with Gasteiger partial charge in [0, 0.05) is 23.9 Å². The third-order valence-electron chi connectivity index (χ3n) is 3.46. The van der Waals surface area contributed by atoms with Crippen molar-refractivity contribution >= 4 is 12.0 Å². The Balaban J connectivity index is 1.69. The molecule has 0 N–H and O–H groups in total. The fraction of sp³-hybridized carbons (Fsp3) is 0.0476. The van der Waals surface area contributed by atoms with E-state index in [9.17, 15) is 9.18 Å². The number of benzene rings is 2. The van der Waals surface area contributed by atoms with Crippen LogP contribution in [0.1, 0.15) is 11.1 Å². The molecule has 0 spiro atoms. The molecule has 26 heavy (non-hydrogen) atoms. The smallest absolute Gasteiger partial charge is 0.331 e. The monoisotopic (exact) mass is 349 g/mol. The molecule has 0 aliphatic heterocycles. The molecular formula is C21H16FNO3. The van der Waals surface area contributed by atoms with E-state index < -0.39 is 11.8 Å². The second kappa shape index (κ2) is 8.58. The van der Waals surface area contributed by atoms with Crippen molar-refractivity contribution < 1.29 is 18.7 Å². The molecule has 0 unspecified atom stereocenters. The van der Waals surface area contributed by atoms with Crippen LogP contribution in [0.25, 0.3) is 6.08 Å². The molecular weight excluding hydrogens is 333 g/mol. The van der Waals surface area contributed by atoms with E-state index >= 15 is 0 Å². The molecule has 0 saturated heterocycles. The molecule has 4 nitrogen and oxygen atoms in total. The average Bonchev–Trinajstić information content (AvgIpc) is 2.68. The Morgan fingerprint density at radius 3 is 2.58 bits per heavy atom. The van der Waals surface area contributed by atoms with Gasteiger partial charge in [0.2, 0.25) is 5.88 Å². The Labute approximate surface area is 150 Å². The summed E-state index contributed by atoms with van der Waals surface area (Å²) in [6.07, 6.45) is 4.24. The van der Waals surface area contributed by atoms with E-state index in [-0.39, 0.29) is 18.2 Å². The van der Waals surface area contributed by atoms with Crippen molar-refractivity contribution in [3.05, 3.63) is 95.9 Å². The Morgan fingerprint density at radius 2 is 1.81 bits per heavy atom. The molecule has 1 heterocycles. The summed E-state index contributed by atoms with van der Waals surface area (Å²) < 4.78 is 24.8.